The Bertz CT molecular complexity index is 589. The second-order valence-corrected chi connectivity index (χ2v) is 6.08. The van der Waals surface area contributed by atoms with Gasteiger partial charge in [-0.1, -0.05) is 6.07 Å². The highest BCUT2D eigenvalue weighted by molar-refractivity contribution is 5.79. The van der Waals surface area contributed by atoms with E-state index in [1.54, 1.807) is 19.1 Å². The molecule has 24 heavy (non-hydrogen) atoms. The van der Waals surface area contributed by atoms with Crippen LogP contribution in [0.15, 0.2) is 18.2 Å². The Morgan fingerprint density at radius 1 is 1.46 bits per heavy atom. The third-order valence-electron chi connectivity index (χ3n) is 4.05. The van der Waals surface area contributed by atoms with E-state index in [4.69, 9.17) is 9.47 Å². The molecule has 1 aliphatic rings. The predicted octanol–water partition coefficient (Wildman–Crippen LogP) is 0.313. The van der Waals surface area contributed by atoms with Crippen molar-refractivity contribution in [3.63, 3.8) is 0 Å². The lowest BCUT2D eigenvalue weighted by molar-refractivity contribution is -0.166. The normalized spacial score (nSPS) is 20.7. The van der Waals surface area contributed by atoms with Crippen LogP contribution in [-0.4, -0.2) is 67.8 Å². The van der Waals surface area contributed by atoms with Crippen molar-refractivity contribution in [3.8, 4) is 0 Å². The summed E-state index contributed by atoms with van der Waals surface area (Å²) in [4.78, 5) is 30.5. The Morgan fingerprint density at radius 2 is 2.25 bits per heavy atom. The van der Waals surface area contributed by atoms with Gasteiger partial charge in [-0.2, -0.15) is 0 Å². The van der Waals surface area contributed by atoms with E-state index in [1.807, 2.05) is 25.1 Å². The number of aromatic nitrogens is 1. The quantitative estimate of drug-likeness (QED) is 0.809. The number of amides is 2. The van der Waals surface area contributed by atoms with E-state index < -0.39 is 5.60 Å². The van der Waals surface area contributed by atoms with Crippen LogP contribution < -0.4 is 5.32 Å². The van der Waals surface area contributed by atoms with Crippen molar-refractivity contribution in [2.24, 2.45) is 0 Å². The minimum absolute atomic E-state index is 0.0196. The first kappa shape index (κ1) is 18.4. The molecule has 0 aromatic carbocycles. The van der Waals surface area contributed by atoms with Crippen LogP contribution in [0.4, 0.5) is 0 Å². The summed E-state index contributed by atoms with van der Waals surface area (Å²) in [5.74, 6) is -0.157. The molecule has 1 aromatic heterocycles. The van der Waals surface area contributed by atoms with Gasteiger partial charge in [-0.05, 0) is 19.1 Å². The number of hydrogen-bond acceptors (Lipinski definition) is 5. The third kappa shape index (κ3) is 4.75. The number of morpholine rings is 1. The van der Waals surface area contributed by atoms with E-state index >= 15 is 0 Å². The molecule has 1 aromatic rings. The Morgan fingerprint density at radius 3 is 2.92 bits per heavy atom. The van der Waals surface area contributed by atoms with E-state index in [0.717, 1.165) is 11.4 Å². The Balaban J connectivity index is 2.06. The monoisotopic (exact) mass is 335 g/mol. The van der Waals surface area contributed by atoms with Crippen LogP contribution in [0, 0.1) is 6.92 Å². The van der Waals surface area contributed by atoms with Gasteiger partial charge in [0.25, 0.3) is 0 Å². The molecule has 0 aliphatic carbocycles. The lowest BCUT2D eigenvalue weighted by Gasteiger charge is -2.42. The van der Waals surface area contributed by atoms with Gasteiger partial charge >= 0.3 is 0 Å². The summed E-state index contributed by atoms with van der Waals surface area (Å²) in [7, 11) is 3.14. The van der Waals surface area contributed by atoms with Gasteiger partial charge in [0.05, 0.1) is 32.6 Å². The average Bonchev–Trinajstić information content (AvgIpc) is 2.55. The molecule has 1 atom stereocenters. The van der Waals surface area contributed by atoms with Crippen molar-refractivity contribution in [3.05, 3.63) is 29.6 Å². The molecule has 1 N–H and O–H groups in total. The zero-order valence-corrected chi connectivity index (χ0v) is 14.5. The van der Waals surface area contributed by atoms with Gasteiger partial charge in [-0.3, -0.25) is 14.6 Å². The number of ether oxygens (including phenoxy) is 2. The molecule has 0 spiro atoms. The summed E-state index contributed by atoms with van der Waals surface area (Å²) >= 11 is 0. The molecule has 0 radical (unpaired) electrons. The molecule has 0 saturated carbocycles. The average molecular weight is 335 g/mol. The Kier molecular flexibility index (Phi) is 6.28. The maximum absolute atomic E-state index is 12.6. The van der Waals surface area contributed by atoms with Crippen molar-refractivity contribution in [1.82, 2.24) is 15.2 Å². The van der Waals surface area contributed by atoms with Gasteiger partial charge in [0, 0.05) is 32.1 Å². The van der Waals surface area contributed by atoms with Crippen LogP contribution >= 0.6 is 0 Å². The van der Waals surface area contributed by atoms with Gasteiger partial charge in [-0.15, -0.1) is 0 Å². The van der Waals surface area contributed by atoms with Crippen molar-refractivity contribution in [1.29, 1.82) is 0 Å². The van der Waals surface area contributed by atoms with Crippen molar-refractivity contribution >= 4 is 11.8 Å². The van der Waals surface area contributed by atoms with Crippen LogP contribution in [0.5, 0.6) is 0 Å². The summed E-state index contributed by atoms with van der Waals surface area (Å²) < 4.78 is 11.1. The summed E-state index contributed by atoms with van der Waals surface area (Å²) in [5, 5.41) is 2.60. The minimum atomic E-state index is -0.803. The number of nitrogens with zero attached hydrogens (tertiary/aromatic N) is 2. The van der Waals surface area contributed by atoms with Gasteiger partial charge < -0.3 is 19.7 Å². The van der Waals surface area contributed by atoms with Gasteiger partial charge in [-0.25, -0.2) is 0 Å². The number of carbonyl (C=O) groups is 2. The molecule has 2 amide bonds. The molecule has 1 aliphatic heterocycles. The maximum Gasteiger partial charge on any atom is 0.228 e. The van der Waals surface area contributed by atoms with E-state index in [-0.39, 0.29) is 31.3 Å². The molecule has 1 fully saturated rings. The summed E-state index contributed by atoms with van der Waals surface area (Å²) in [6.45, 7) is 3.37. The molecule has 2 heterocycles. The molecule has 7 nitrogen and oxygen atoms in total. The molecule has 1 saturated heterocycles. The standard InChI is InChI=1S/C17H25N3O4/c1-13-5-4-6-14(19-13)9-16(22)20-7-8-24-17(11-20,12-23-3)10-15(21)18-2/h4-6H,7-12H2,1-3H3,(H,18,21)/t17-/m1/s1. The first-order valence-corrected chi connectivity index (χ1v) is 8.02. The summed E-state index contributed by atoms with van der Waals surface area (Å²) in [5.41, 5.74) is 0.828. The second kappa shape index (κ2) is 8.21. The number of pyridine rings is 1. The highest BCUT2D eigenvalue weighted by Crippen LogP contribution is 2.23. The number of carbonyl (C=O) groups excluding carboxylic acids is 2. The summed E-state index contributed by atoms with van der Waals surface area (Å²) in [6, 6.07) is 5.64. The van der Waals surface area contributed by atoms with E-state index in [0.29, 0.717) is 19.7 Å². The van der Waals surface area contributed by atoms with Crippen LogP contribution in [-0.2, 0) is 25.5 Å². The smallest absolute Gasteiger partial charge is 0.228 e. The van der Waals surface area contributed by atoms with Gasteiger partial charge in [0.15, 0.2) is 0 Å². The van der Waals surface area contributed by atoms with Gasteiger partial charge in [0.2, 0.25) is 11.8 Å². The molecule has 0 bridgehead atoms. The molecule has 2 rings (SSSR count). The number of aryl methyl sites for hydroxylation is 1. The van der Waals surface area contributed by atoms with Crippen LogP contribution in [0.1, 0.15) is 17.8 Å². The number of nitrogens with one attached hydrogen (secondary N) is 1. The molecule has 0 unspecified atom stereocenters. The number of methoxy groups -OCH3 is 1. The van der Waals surface area contributed by atoms with Crippen LogP contribution in [0.3, 0.4) is 0 Å². The van der Waals surface area contributed by atoms with Crippen molar-refractivity contribution in [2.75, 3.05) is 40.5 Å². The zero-order chi connectivity index (χ0) is 17.6. The number of hydrogen-bond donors (Lipinski definition) is 1. The maximum atomic E-state index is 12.6. The lowest BCUT2D eigenvalue weighted by Crippen LogP contribution is -2.57. The number of rotatable bonds is 6. The third-order valence-corrected chi connectivity index (χ3v) is 4.05. The van der Waals surface area contributed by atoms with Crippen molar-refractivity contribution in [2.45, 2.75) is 25.4 Å². The lowest BCUT2D eigenvalue weighted by atomic mass is 9.97. The van der Waals surface area contributed by atoms with Crippen LogP contribution in [0.2, 0.25) is 0 Å². The molecule has 132 valence electrons. The second-order valence-electron chi connectivity index (χ2n) is 6.08. The molecular weight excluding hydrogens is 310 g/mol. The SMILES string of the molecule is CNC(=O)C[C@]1(COC)CN(C(=O)Cc2cccc(C)n2)CCO1. The highest BCUT2D eigenvalue weighted by atomic mass is 16.5. The van der Waals surface area contributed by atoms with E-state index in [2.05, 4.69) is 10.3 Å². The molecule has 7 heteroatoms. The first-order valence-electron chi connectivity index (χ1n) is 8.02. The Labute approximate surface area is 142 Å². The first-order chi connectivity index (χ1) is 11.5. The predicted molar refractivity (Wildman–Crippen MR) is 88.5 cm³/mol. The highest BCUT2D eigenvalue weighted by Gasteiger charge is 2.40. The van der Waals surface area contributed by atoms with E-state index in [1.165, 1.54) is 0 Å². The fraction of sp³-hybridized carbons (Fsp3) is 0.588. The topological polar surface area (TPSA) is 80.8 Å². The minimum Gasteiger partial charge on any atom is -0.382 e. The van der Waals surface area contributed by atoms with E-state index in [9.17, 15) is 9.59 Å². The molecular formula is C17H25N3O4. The fourth-order valence-electron chi connectivity index (χ4n) is 2.91. The Hall–Kier alpha value is -1.99. The van der Waals surface area contributed by atoms with Crippen molar-refractivity contribution < 1.29 is 19.1 Å². The largest absolute Gasteiger partial charge is 0.382 e. The van der Waals surface area contributed by atoms with Gasteiger partial charge in [0.1, 0.15) is 5.60 Å². The fourth-order valence-corrected chi connectivity index (χ4v) is 2.91. The zero-order valence-electron chi connectivity index (χ0n) is 14.5. The van der Waals surface area contributed by atoms with Crippen LogP contribution in [0.25, 0.3) is 0 Å². The summed E-state index contributed by atoms with van der Waals surface area (Å²) in [6.07, 6.45) is 0.397.